The van der Waals surface area contributed by atoms with Crippen LogP contribution in [-0.4, -0.2) is 36.5 Å². The zero-order chi connectivity index (χ0) is 12.1. The minimum atomic E-state index is -0.483. The Morgan fingerprint density at radius 2 is 1.94 bits per heavy atom. The summed E-state index contributed by atoms with van der Waals surface area (Å²) in [6.07, 6.45) is 3.22. The molecule has 1 fully saturated rings. The van der Waals surface area contributed by atoms with E-state index < -0.39 is 11.9 Å². The van der Waals surface area contributed by atoms with E-state index in [1.807, 2.05) is 0 Å². The summed E-state index contributed by atoms with van der Waals surface area (Å²) < 4.78 is 0. The number of likely N-dealkylation sites (tertiary alicyclic amines) is 1. The number of hydrogen-bond donors (Lipinski definition) is 2. The van der Waals surface area contributed by atoms with E-state index in [1.54, 1.807) is 0 Å². The summed E-state index contributed by atoms with van der Waals surface area (Å²) in [6.45, 7) is 7.75. The van der Waals surface area contributed by atoms with E-state index in [9.17, 15) is 4.79 Å². The van der Waals surface area contributed by atoms with Gasteiger partial charge in [-0.1, -0.05) is 13.8 Å². The summed E-state index contributed by atoms with van der Waals surface area (Å²) in [4.78, 5) is 13.2. The smallest absolute Gasteiger partial charge is 0.234 e. The Hall–Kier alpha value is -0.610. The molecule has 4 N–H and O–H groups in total. The van der Waals surface area contributed by atoms with Crippen LogP contribution < -0.4 is 11.5 Å². The first-order valence-corrected chi connectivity index (χ1v) is 6.28. The molecular weight excluding hydrogens is 202 g/mol. The van der Waals surface area contributed by atoms with E-state index in [1.165, 1.54) is 12.8 Å². The highest BCUT2D eigenvalue weighted by atomic mass is 16.1. The minimum absolute atomic E-state index is 0.392. The Balaban J connectivity index is 2.20. The number of primary amides is 1. The van der Waals surface area contributed by atoms with Crippen LogP contribution in [0.3, 0.4) is 0 Å². The van der Waals surface area contributed by atoms with Gasteiger partial charge in [0.25, 0.3) is 0 Å². The van der Waals surface area contributed by atoms with Crippen molar-refractivity contribution < 1.29 is 4.79 Å². The Labute approximate surface area is 98.3 Å². The number of piperidine rings is 1. The second-order valence-corrected chi connectivity index (χ2v) is 5.22. The second-order valence-electron chi connectivity index (χ2n) is 5.22. The summed E-state index contributed by atoms with van der Waals surface area (Å²) >= 11 is 0. The number of carbonyl (C=O) groups is 1. The zero-order valence-electron chi connectivity index (χ0n) is 10.5. The van der Waals surface area contributed by atoms with Gasteiger partial charge in [0, 0.05) is 6.54 Å². The van der Waals surface area contributed by atoms with Gasteiger partial charge in [-0.25, -0.2) is 0 Å². The average Bonchev–Trinajstić information content (AvgIpc) is 2.26. The third-order valence-corrected chi connectivity index (χ3v) is 3.70. The highest BCUT2D eigenvalue weighted by Gasteiger charge is 2.21. The van der Waals surface area contributed by atoms with Crippen molar-refractivity contribution in [2.45, 2.75) is 39.2 Å². The molecule has 4 nitrogen and oxygen atoms in total. The summed E-state index contributed by atoms with van der Waals surface area (Å²) in [6, 6.07) is -0.483. The maximum absolute atomic E-state index is 10.8. The summed E-state index contributed by atoms with van der Waals surface area (Å²) in [7, 11) is 0. The molecule has 1 atom stereocenters. The fourth-order valence-electron chi connectivity index (χ4n) is 2.31. The number of hydrogen-bond acceptors (Lipinski definition) is 3. The normalized spacial score (nSPS) is 21.2. The molecule has 94 valence electrons. The monoisotopic (exact) mass is 227 g/mol. The van der Waals surface area contributed by atoms with Crippen molar-refractivity contribution in [3.63, 3.8) is 0 Å². The van der Waals surface area contributed by atoms with Crippen molar-refractivity contribution >= 4 is 5.91 Å². The third-order valence-electron chi connectivity index (χ3n) is 3.70. The molecule has 0 aliphatic carbocycles. The first kappa shape index (κ1) is 13.5. The molecule has 0 aromatic carbocycles. The van der Waals surface area contributed by atoms with E-state index in [0.29, 0.717) is 6.42 Å². The number of nitrogens with zero attached hydrogens (tertiary/aromatic N) is 1. The lowest BCUT2D eigenvalue weighted by Gasteiger charge is -2.34. The second kappa shape index (κ2) is 6.21. The van der Waals surface area contributed by atoms with Crippen molar-refractivity contribution in [3.05, 3.63) is 0 Å². The molecule has 16 heavy (non-hydrogen) atoms. The van der Waals surface area contributed by atoms with Gasteiger partial charge in [0.15, 0.2) is 0 Å². The van der Waals surface area contributed by atoms with Gasteiger partial charge in [-0.2, -0.15) is 0 Å². The molecule has 1 heterocycles. The van der Waals surface area contributed by atoms with Gasteiger partial charge in [0.2, 0.25) is 5.91 Å². The lowest BCUT2D eigenvalue weighted by Crippen LogP contribution is -2.42. The first-order valence-electron chi connectivity index (χ1n) is 6.28. The first-order chi connectivity index (χ1) is 7.50. The molecule has 0 aromatic rings. The predicted molar refractivity (Wildman–Crippen MR) is 65.8 cm³/mol. The van der Waals surface area contributed by atoms with Gasteiger partial charge in [-0.05, 0) is 44.2 Å². The molecule has 1 saturated heterocycles. The largest absolute Gasteiger partial charge is 0.368 e. The van der Waals surface area contributed by atoms with E-state index >= 15 is 0 Å². The van der Waals surface area contributed by atoms with Crippen LogP contribution in [0.25, 0.3) is 0 Å². The molecule has 1 aliphatic heterocycles. The van der Waals surface area contributed by atoms with Crippen LogP contribution in [0.15, 0.2) is 0 Å². The third kappa shape index (κ3) is 4.10. The van der Waals surface area contributed by atoms with E-state index in [0.717, 1.165) is 31.5 Å². The predicted octanol–water partition coefficient (Wildman–Crippen LogP) is 0.557. The molecule has 0 bridgehead atoms. The highest BCUT2D eigenvalue weighted by Crippen LogP contribution is 2.24. The number of carbonyl (C=O) groups excluding carboxylic acids is 1. The zero-order valence-corrected chi connectivity index (χ0v) is 10.5. The molecule has 1 aliphatic rings. The maximum atomic E-state index is 10.8. The van der Waals surface area contributed by atoms with Gasteiger partial charge in [-0.15, -0.1) is 0 Å². The van der Waals surface area contributed by atoms with Crippen LogP contribution in [0.1, 0.15) is 33.1 Å². The van der Waals surface area contributed by atoms with Crippen LogP contribution in [0.4, 0.5) is 0 Å². The molecular formula is C12H25N3O. The fraction of sp³-hybridized carbons (Fsp3) is 0.917. The van der Waals surface area contributed by atoms with E-state index in [2.05, 4.69) is 18.7 Å². The van der Waals surface area contributed by atoms with Crippen molar-refractivity contribution in [1.29, 1.82) is 0 Å². The lowest BCUT2D eigenvalue weighted by molar-refractivity contribution is -0.119. The molecule has 1 amide bonds. The minimum Gasteiger partial charge on any atom is -0.368 e. The van der Waals surface area contributed by atoms with Crippen LogP contribution in [0, 0.1) is 11.8 Å². The SMILES string of the molecule is CC(C)C1CCN(CCC(N)C(N)=O)CC1. The highest BCUT2D eigenvalue weighted by molar-refractivity contribution is 5.79. The molecule has 0 radical (unpaired) electrons. The molecule has 1 rings (SSSR count). The molecule has 1 unspecified atom stereocenters. The fourth-order valence-corrected chi connectivity index (χ4v) is 2.31. The van der Waals surface area contributed by atoms with Crippen molar-refractivity contribution in [3.8, 4) is 0 Å². The molecule has 0 spiro atoms. The van der Waals surface area contributed by atoms with Crippen LogP contribution >= 0.6 is 0 Å². The number of nitrogens with two attached hydrogens (primary N) is 2. The topological polar surface area (TPSA) is 72.3 Å². The van der Waals surface area contributed by atoms with Gasteiger partial charge >= 0.3 is 0 Å². The Morgan fingerprint density at radius 3 is 2.38 bits per heavy atom. The maximum Gasteiger partial charge on any atom is 0.234 e. The van der Waals surface area contributed by atoms with Crippen molar-refractivity contribution in [2.75, 3.05) is 19.6 Å². The molecule has 4 heteroatoms. The Morgan fingerprint density at radius 1 is 1.38 bits per heavy atom. The Bertz CT molecular complexity index is 222. The van der Waals surface area contributed by atoms with Gasteiger partial charge in [0.1, 0.15) is 0 Å². The van der Waals surface area contributed by atoms with Gasteiger partial charge in [0.05, 0.1) is 6.04 Å². The van der Waals surface area contributed by atoms with Crippen molar-refractivity contribution in [2.24, 2.45) is 23.3 Å². The standard InChI is InChI=1S/C12H25N3O/c1-9(2)10-3-6-15(7-4-10)8-5-11(13)12(14)16/h9-11H,3-8,13H2,1-2H3,(H2,14,16). The van der Waals surface area contributed by atoms with Crippen LogP contribution in [0.2, 0.25) is 0 Å². The number of amides is 1. The summed E-state index contributed by atoms with van der Waals surface area (Å²) in [5, 5.41) is 0. The Kier molecular flexibility index (Phi) is 5.22. The van der Waals surface area contributed by atoms with E-state index in [4.69, 9.17) is 11.5 Å². The van der Waals surface area contributed by atoms with Crippen LogP contribution in [0.5, 0.6) is 0 Å². The molecule has 0 aromatic heterocycles. The lowest BCUT2D eigenvalue weighted by atomic mass is 9.86. The van der Waals surface area contributed by atoms with Gasteiger partial charge in [-0.3, -0.25) is 4.79 Å². The van der Waals surface area contributed by atoms with Gasteiger partial charge < -0.3 is 16.4 Å². The summed E-state index contributed by atoms with van der Waals surface area (Å²) in [5.74, 6) is 1.26. The van der Waals surface area contributed by atoms with Crippen LogP contribution in [-0.2, 0) is 4.79 Å². The summed E-state index contributed by atoms with van der Waals surface area (Å²) in [5.41, 5.74) is 10.7. The quantitative estimate of drug-likeness (QED) is 0.720. The van der Waals surface area contributed by atoms with E-state index in [-0.39, 0.29) is 0 Å². The average molecular weight is 227 g/mol. The van der Waals surface area contributed by atoms with Crippen molar-refractivity contribution in [1.82, 2.24) is 4.90 Å². The number of rotatable bonds is 5. The molecule has 0 saturated carbocycles.